The first-order chi connectivity index (χ1) is 7.97. The van der Waals surface area contributed by atoms with Crippen molar-refractivity contribution in [1.82, 2.24) is 0 Å². The number of hydrogen-bond acceptors (Lipinski definition) is 3. The molecular weight excluding hydrogens is 216 g/mol. The highest BCUT2D eigenvalue weighted by Crippen LogP contribution is 2.20. The van der Waals surface area contributed by atoms with Crippen LogP contribution in [0.4, 0.5) is 5.69 Å². The van der Waals surface area contributed by atoms with E-state index in [1.165, 1.54) is 0 Å². The largest absolute Gasteiger partial charge is 0.480 e. The van der Waals surface area contributed by atoms with Crippen LogP contribution in [-0.4, -0.2) is 24.2 Å². The van der Waals surface area contributed by atoms with E-state index < -0.39 is 12.0 Å². The summed E-state index contributed by atoms with van der Waals surface area (Å²) in [6, 6.07) is 8.36. The van der Waals surface area contributed by atoms with Gasteiger partial charge in [-0.05, 0) is 30.2 Å². The second-order valence-corrected chi connectivity index (χ2v) is 4.30. The average molecular weight is 232 g/mol. The molecule has 0 aliphatic carbocycles. The Morgan fingerprint density at radius 2 is 1.88 bits per heavy atom. The number of likely N-dealkylation sites (N-methyl/N-ethyl adjacent to an activating group) is 1. The number of carbonyl (C=O) groups is 1. The number of nitriles is 1. The van der Waals surface area contributed by atoms with Crippen LogP contribution in [0.5, 0.6) is 0 Å². The van der Waals surface area contributed by atoms with Crippen molar-refractivity contribution in [2.75, 3.05) is 11.9 Å². The Bertz CT molecular complexity index is 432. The van der Waals surface area contributed by atoms with Gasteiger partial charge in [0.1, 0.15) is 6.04 Å². The van der Waals surface area contributed by atoms with Gasteiger partial charge >= 0.3 is 5.97 Å². The minimum Gasteiger partial charge on any atom is -0.480 e. The molecule has 0 fully saturated rings. The van der Waals surface area contributed by atoms with E-state index in [1.54, 1.807) is 36.2 Å². The molecule has 1 atom stereocenters. The third-order valence-corrected chi connectivity index (χ3v) is 2.71. The molecule has 0 aliphatic rings. The Kier molecular flexibility index (Phi) is 4.11. The zero-order chi connectivity index (χ0) is 13.0. The number of nitrogens with zero attached hydrogens (tertiary/aromatic N) is 2. The summed E-state index contributed by atoms with van der Waals surface area (Å²) in [6.07, 6.45) is 0. The van der Waals surface area contributed by atoms with Crippen LogP contribution in [0.15, 0.2) is 24.3 Å². The number of rotatable bonds is 4. The maximum Gasteiger partial charge on any atom is 0.326 e. The van der Waals surface area contributed by atoms with E-state index >= 15 is 0 Å². The number of anilines is 1. The van der Waals surface area contributed by atoms with Crippen molar-refractivity contribution in [3.05, 3.63) is 29.8 Å². The molecule has 1 aromatic carbocycles. The van der Waals surface area contributed by atoms with E-state index in [1.807, 2.05) is 19.9 Å². The molecule has 0 amide bonds. The predicted molar refractivity (Wildman–Crippen MR) is 65.8 cm³/mol. The molecule has 0 spiro atoms. The Hall–Kier alpha value is -2.02. The summed E-state index contributed by atoms with van der Waals surface area (Å²) in [5.74, 6) is -0.833. The topological polar surface area (TPSA) is 64.3 Å². The second-order valence-electron chi connectivity index (χ2n) is 4.30. The average Bonchev–Trinajstić information content (AvgIpc) is 2.28. The van der Waals surface area contributed by atoms with Crippen LogP contribution in [0, 0.1) is 17.2 Å². The zero-order valence-corrected chi connectivity index (χ0v) is 10.2. The van der Waals surface area contributed by atoms with Crippen molar-refractivity contribution in [2.24, 2.45) is 5.92 Å². The van der Waals surface area contributed by atoms with Gasteiger partial charge in [0, 0.05) is 12.7 Å². The summed E-state index contributed by atoms with van der Waals surface area (Å²) in [5, 5.41) is 17.9. The van der Waals surface area contributed by atoms with Crippen LogP contribution in [0.25, 0.3) is 0 Å². The maximum absolute atomic E-state index is 11.2. The van der Waals surface area contributed by atoms with Gasteiger partial charge in [-0.2, -0.15) is 5.26 Å². The number of hydrogen-bond donors (Lipinski definition) is 1. The first-order valence-corrected chi connectivity index (χ1v) is 5.43. The summed E-state index contributed by atoms with van der Waals surface area (Å²) >= 11 is 0. The van der Waals surface area contributed by atoms with E-state index in [4.69, 9.17) is 5.26 Å². The molecule has 1 unspecified atom stereocenters. The van der Waals surface area contributed by atoms with Gasteiger partial charge in [-0.1, -0.05) is 13.8 Å². The van der Waals surface area contributed by atoms with Gasteiger partial charge in [0.05, 0.1) is 11.6 Å². The van der Waals surface area contributed by atoms with Crippen molar-refractivity contribution in [1.29, 1.82) is 5.26 Å². The van der Waals surface area contributed by atoms with Crippen molar-refractivity contribution in [3.63, 3.8) is 0 Å². The smallest absolute Gasteiger partial charge is 0.326 e. The van der Waals surface area contributed by atoms with Gasteiger partial charge in [-0.3, -0.25) is 0 Å². The molecule has 1 rings (SSSR count). The number of benzene rings is 1. The van der Waals surface area contributed by atoms with E-state index in [2.05, 4.69) is 0 Å². The maximum atomic E-state index is 11.2. The lowest BCUT2D eigenvalue weighted by atomic mass is 10.0. The molecule has 0 heterocycles. The highest BCUT2D eigenvalue weighted by molar-refractivity contribution is 5.78. The van der Waals surface area contributed by atoms with E-state index in [0.29, 0.717) is 5.56 Å². The normalized spacial score (nSPS) is 11.9. The van der Waals surface area contributed by atoms with Crippen molar-refractivity contribution < 1.29 is 9.90 Å². The summed E-state index contributed by atoms with van der Waals surface area (Å²) in [5.41, 5.74) is 1.36. The fourth-order valence-electron chi connectivity index (χ4n) is 1.83. The Labute approximate surface area is 101 Å². The van der Waals surface area contributed by atoms with Gasteiger partial charge in [-0.15, -0.1) is 0 Å². The van der Waals surface area contributed by atoms with E-state index in [0.717, 1.165) is 5.69 Å². The molecular formula is C13H16N2O2. The summed E-state index contributed by atoms with van der Waals surface area (Å²) in [6.45, 7) is 3.75. The first-order valence-electron chi connectivity index (χ1n) is 5.43. The molecule has 4 nitrogen and oxygen atoms in total. The van der Waals surface area contributed by atoms with Crippen molar-refractivity contribution >= 4 is 11.7 Å². The predicted octanol–water partition coefficient (Wildman–Crippen LogP) is 2.10. The van der Waals surface area contributed by atoms with Gasteiger partial charge in [-0.25, -0.2) is 4.79 Å². The molecule has 0 saturated carbocycles. The molecule has 17 heavy (non-hydrogen) atoms. The van der Waals surface area contributed by atoms with Gasteiger partial charge < -0.3 is 10.0 Å². The lowest BCUT2D eigenvalue weighted by molar-refractivity contribution is -0.139. The van der Waals surface area contributed by atoms with Crippen LogP contribution < -0.4 is 4.90 Å². The number of carboxylic acids is 1. The second kappa shape index (κ2) is 5.35. The van der Waals surface area contributed by atoms with Crippen LogP contribution in [0.2, 0.25) is 0 Å². The Morgan fingerprint density at radius 3 is 2.24 bits per heavy atom. The highest BCUT2D eigenvalue weighted by Gasteiger charge is 2.26. The first kappa shape index (κ1) is 13.0. The van der Waals surface area contributed by atoms with Gasteiger partial charge in [0.15, 0.2) is 0 Å². The monoisotopic (exact) mass is 232 g/mol. The molecule has 90 valence electrons. The summed E-state index contributed by atoms with van der Waals surface area (Å²) in [7, 11) is 1.75. The quantitative estimate of drug-likeness (QED) is 0.863. The third-order valence-electron chi connectivity index (χ3n) is 2.71. The highest BCUT2D eigenvalue weighted by atomic mass is 16.4. The molecule has 0 bridgehead atoms. The van der Waals surface area contributed by atoms with Crippen LogP contribution in [0.1, 0.15) is 19.4 Å². The molecule has 4 heteroatoms. The number of carboxylic acid groups (broad SMARTS) is 1. The molecule has 1 aromatic rings. The molecule has 0 saturated heterocycles. The minimum absolute atomic E-state index is 0.00754. The van der Waals surface area contributed by atoms with Crippen molar-refractivity contribution in [2.45, 2.75) is 19.9 Å². The van der Waals surface area contributed by atoms with Gasteiger partial charge in [0.2, 0.25) is 0 Å². The zero-order valence-electron chi connectivity index (χ0n) is 10.2. The Morgan fingerprint density at radius 1 is 1.35 bits per heavy atom. The van der Waals surface area contributed by atoms with E-state index in [-0.39, 0.29) is 5.92 Å². The Balaban J connectivity index is 2.97. The molecule has 0 aromatic heterocycles. The lowest BCUT2D eigenvalue weighted by Gasteiger charge is -2.29. The van der Waals surface area contributed by atoms with Crippen LogP contribution in [-0.2, 0) is 4.79 Å². The standard InChI is InChI=1S/C13H16N2O2/c1-9(2)12(13(16)17)15(3)11-6-4-10(8-14)5-7-11/h4-7,9,12H,1-3H3,(H,16,17). The summed E-state index contributed by atoms with van der Waals surface area (Å²) in [4.78, 5) is 12.9. The lowest BCUT2D eigenvalue weighted by Crippen LogP contribution is -2.42. The molecule has 0 radical (unpaired) electrons. The van der Waals surface area contributed by atoms with Crippen LogP contribution >= 0.6 is 0 Å². The minimum atomic E-state index is -0.841. The van der Waals surface area contributed by atoms with Gasteiger partial charge in [0.25, 0.3) is 0 Å². The molecule has 0 aliphatic heterocycles. The van der Waals surface area contributed by atoms with E-state index in [9.17, 15) is 9.90 Å². The number of aliphatic carboxylic acids is 1. The summed E-state index contributed by atoms with van der Waals surface area (Å²) < 4.78 is 0. The van der Waals surface area contributed by atoms with Crippen molar-refractivity contribution in [3.8, 4) is 6.07 Å². The fourth-order valence-corrected chi connectivity index (χ4v) is 1.83. The fraction of sp³-hybridized carbons (Fsp3) is 0.385. The SMILES string of the molecule is CC(C)C(C(=O)O)N(C)c1ccc(C#N)cc1. The molecule has 1 N–H and O–H groups in total. The van der Waals surface area contributed by atoms with Crippen LogP contribution in [0.3, 0.4) is 0 Å². The third kappa shape index (κ3) is 2.97.